The number of carbonyl (C=O) groups excluding carboxylic acids is 1. The number of nitrogens with zero attached hydrogens (tertiary/aromatic N) is 4. The molecule has 0 unspecified atom stereocenters. The third kappa shape index (κ3) is 6.51. The smallest absolute Gasteiger partial charge is 0.368 e. The van der Waals surface area contributed by atoms with Crippen molar-refractivity contribution < 1.29 is 18.0 Å². The molecule has 0 radical (unpaired) electrons. The van der Waals surface area contributed by atoms with Crippen LogP contribution in [0.4, 0.5) is 19.1 Å². The molecule has 0 saturated carbocycles. The van der Waals surface area contributed by atoms with E-state index in [-0.39, 0.29) is 17.9 Å². The van der Waals surface area contributed by atoms with E-state index in [2.05, 4.69) is 14.9 Å². The second kappa shape index (κ2) is 11.4. The van der Waals surface area contributed by atoms with Crippen molar-refractivity contribution in [1.82, 2.24) is 19.8 Å². The van der Waals surface area contributed by atoms with E-state index in [9.17, 15) is 18.0 Å². The predicted molar refractivity (Wildman–Crippen MR) is 129 cm³/mol. The first-order valence-electron chi connectivity index (χ1n) is 12.6. The van der Waals surface area contributed by atoms with Gasteiger partial charge in [-0.2, -0.15) is 13.2 Å². The van der Waals surface area contributed by atoms with E-state index in [1.165, 1.54) is 37.9 Å². The fraction of sp³-hybridized carbons (Fsp3) is 0.577. The number of likely N-dealkylation sites (tertiary alicyclic amines) is 2. The van der Waals surface area contributed by atoms with Gasteiger partial charge in [0.1, 0.15) is 0 Å². The summed E-state index contributed by atoms with van der Waals surface area (Å²) in [5, 5.41) is 0. The van der Waals surface area contributed by atoms with Crippen LogP contribution in [0.3, 0.4) is 0 Å². The summed E-state index contributed by atoms with van der Waals surface area (Å²) < 4.78 is 40.0. The second-order valence-corrected chi connectivity index (χ2v) is 9.56. The maximum Gasteiger partial charge on any atom is 0.416 e. The van der Waals surface area contributed by atoms with Gasteiger partial charge >= 0.3 is 6.18 Å². The fourth-order valence-corrected chi connectivity index (χ4v) is 5.22. The summed E-state index contributed by atoms with van der Waals surface area (Å²) >= 11 is 0. The maximum absolute atomic E-state index is 13.3. The molecule has 9 heteroatoms. The van der Waals surface area contributed by atoms with Crippen LogP contribution < -0.4 is 5.73 Å². The number of nitrogens with two attached hydrogens (primary N) is 1. The summed E-state index contributed by atoms with van der Waals surface area (Å²) in [4.78, 5) is 26.1. The number of nitrogen functional groups attached to an aromatic ring is 1. The fourth-order valence-electron chi connectivity index (χ4n) is 5.22. The molecule has 4 rings (SSSR count). The molecule has 2 fully saturated rings. The van der Waals surface area contributed by atoms with E-state index in [0.717, 1.165) is 51.0 Å². The molecule has 2 aromatic rings. The van der Waals surface area contributed by atoms with Gasteiger partial charge in [0.25, 0.3) is 0 Å². The van der Waals surface area contributed by atoms with Crippen molar-refractivity contribution in [2.24, 2.45) is 0 Å². The number of aromatic nitrogens is 2. The molecule has 2 saturated heterocycles. The lowest BCUT2D eigenvalue weighted by Gasteiger charge is -2.36. The molecule has 1 aromatic carbocycles. The quantitative estimate of drug-likeness (QED) is 0.584. The largest absolute Gasteiger partial charge is 0.416 e. The minimum atomic E-state index is -4.45. The van der Waals surface area contributed by atoms with Gasteiger partial charge in [0, 0.05) is 24.7 Å². The number of rotatable bonds is 6. The minimum absolute atomic E-state index is 0.0508. The number of halogens is 3. The molecule has 3 heterocycles. The molecule has 2 aliphatic rings. The number of piperidine rings is 1. The van der Waals surface area contributed by atoms with Crippen molar-refractivity contribution in [3.63, 3.8) is 0 Å². The van der Waals surface area contributed by atoms with E-state index in [0.29, 0.717) is 36.2 Å². The summed E-state index contributed by atoms with van der Waals surface area (Å²) in [6.45, 7) is 3.72. The van der Waals surface area contributed by atoms with Gasteiger partial charge in [-0.3, -0.25) is 4.79 Å². The average Bonchev–Trinajstić information content (AvgIpc) is 3.12. The molecule has 1 amide bonds. The Hall–Kier alpha value is -2.68. The first kappa shape index (κ1) is 25.4. The van der Waals surface area contributed by atoms with E-state index in [4.69, 9.17) is 5.73 Å². The molecule has 2 aliphatic heterocycles. The Kier molecular flexibility index (Phi) is 8.26. The summed E-state index contributed by atoms with van der Waals surface area (Å²) in [6.07, 6.45) is 5.77. The molecule has 6 nitrogen and oxygen atoms in total. The lowest BCUT2D eigenvalue weighted by atomic mass is 9.93. The number of carbonyl (C=O) groups is 1. The number of hydrogen-bond acceptors (Lipinski definition) is 5. The normalized spacial score (nSPS) is 20.0. The van der Waals surface area contributed by atoms with Gasteiger partial charge in [-0.25, -0.2) is 9.97 Å². The number of benzene rings is 1. The van der Waals surface area contributed by atoms with Crippen LogP contribution in [0.15, 0.2) is 30.5 Å². The summed E-state index contributed by atoms with van der Waals surface area (Å²) in [7, 11) is 0. The highest BCUT2D eigenvalue weighted by Gasteiger charge is 2.33. The van der Waals surface area contributed by atoms with E-state index < -0.39 is 11.7 Å². The Morgan fingerprint density at radius 2 is 1.80 bits per heavy atom. The molecule has 1 aromatic heterocycles. The number of alkyl halides is 3. The number of hydrogen-bond donors (Lipinski definition) is 1. The van der Waals surface area contributed by atoms with Crippen molar-refractivity contribution in [3.8, 4) is 11.1 Å². The summed E-state index contributed by atoms with van der Waals surface area (Å²) in [6, 6.07) is 4.81. The Labute approximate surface area is 204 Å². The van der Waals surface area contributed by atoms with E-state index in [1.54, 1.807) is 6.07 Å². The molecule has 190 valence electrons. The highest BCUT2D eigenvalue weighted by atomic mass is 19.4. The van der Waals surface area contributed by atoms with Crippen LogP contribution in [-0.2, 0) is 11.0 Å². The average molecular weight is 490 g/mol. The Bertz CT molecular complexity index is 1000. The predicted octanol–water partition coefficient (Wildman–Crippen LogP) is 5.45. The Morgan fingerprint density at radius 1 is 1.06 bits per heavy atom. The van der Waals surface area contributed by atoms with Crippen molar-refractivity contribution >= 4 is 11.9 Å². The van der Waals surface area contributed by atoms with Crippen LogP contribution in [0.2, 0.25) is 0 Å². The van der Waals surface area contributed by atoms with Gasteiger partial charge in [-0.1, -0.05) is 25.0 Å². The molecule has 0 bridgehead atoms. The topological polar surface area (TPSA) is 75.3 Å². The van der Waals surface area contributed by atoms with Crippen molar-refractivity contribution in [1.29, 1.82) is 0 Å². The maximum atomic E-state index is 13.3. The molecular weight excluding hydrogens is 455 g/mol. The first-order valence-corrected chi connectivity index (χ1v) is 12.6. The lowest BCUT2D eigenvalue weighted by Crippen LogP contribution is -2.39. The third-order valence-corrected chi connectivity index (χ3v) is 7.04. The minimum Gasteiger partial charge on any atom is -0.368 e. The van der Waals surface area contributed by atoms with Gasteiger partial charge in [-0.05, 0) is 75.9 Å². The summed E-state index contributed by atoms with van der Waals surface area (Å²) in [5.74, 6) is 0.117. The standard InChI is InChI=1S/C26H34F3N5O/c27-26(28,29)20-10-7-9-19(17-20)21-18-31-25(30)32-24(21)22-11-3-6-16-34(22)23(35)12-8-15-33-13-4-1-2-5-14-33/h7,9-10,17-18,22H,1-6,8,11-16H2,(H2,30,31,32)/t22-/m0/s1. The van der Waals surface area contributed by atoms with Gasteiger partial charge in [0.05, 0.1) is 17.3 Å². The van der Waals surface area contributed by atoms with Crippen LogP contribution in [0.1, 0.15) is 75.1 Å². The van der Waals surface area contributed by atoms with Crippen LogP contribution >= 0.6 is 0 Å². The summed E-state index contributed by atoms with van der Waals surface area (Å²) in [5.41, 5.74) is 6.54. The van der Waals surface area contributed by atoms with Crippen LogP contribution in [0, 0.1) is 0 Å². The zero-order chi connectivity index (χ0) is 24.8. The lowest BCUT2D eigenvalue weighted by molar-refractivity contribution is -0.137. The highest BCUT2D eigenvalue weighted by Crippen LogP contribution is 2.38. The van der Waals surface area contributed by atoms with E-state index >= 15 is 0 Å². The van der Waals surface area contributed by atoms with Gasteiger partial charge in [-0.15, -0.1) is 0 Å². The first-order chi connectivity index (χ1) is 16.8. The van der Waals surface area contributed by atoms with Crippen molar-refractivity contribution in [2.75, 3.05) is 31.9 Å². The monoisotopic (exact) mass is 489 g/mol. The number of amides is 1. The molecule has 35 heavy (non-hydrogen) atoms. The van der Waals surface area contributed by atoms with E-state index in [1.807, 2.05) is 4.90 Å². The Morgan fingerprint density at radius 3 is 2.54 bits per heavy atom. The molecule has 0 aliphatic carbocycles. The van der Waals surface area contributed by atoms with Gasteiger partial charge in [0.2, 0.25) is 11.9 Å². The van der Waals surface area contributed by atoms with Crippen molar-refractivity contribution in [2.45, 2.75) is 70.0 Å². The van der Waals surface area contributed by atoms with Gasteiger partial charge < -0.3 is 15.5 Å². The molecular formula is C26H34F3N5O. The molecule has 0 spiro atoms. The molecule has 1 atom stereocenters. The molecule has 2 N–H and O–H groups in total. The van der Waals surface area contributed by atoms with Crippen LogP contribution in [0.25, 0.3) is 11.1 Å². The zero-order valence-corrected chi connectivity index (χ0v) is 20.1. The van der Waals surface area contributed by atoms with Crippen molar-refractivity contribution in [3.05, 3.63) is 41.7 Å². The van der Waals surface area contributed by atoms with Gasteiger partial charge in [0.15, 0.2) is 0 Å². The van der Waals surface area contributed by atoms with Crippen LogP contribution in [0.5, 0.6) is 0 Å². The van der Waals surface area contributed by atoms with Crippen LogP contribution in [-0.4, -0.2) is 51.9 Å². The number of anilines is 1. The highest BCUT2D eigenvalue weighted by molar-refractivity contribution is 5.77. The third-order valence-electron chi connectivity index (χ3n) is 7.04. The Balaban J connectivity index is 1.53. The second-order valence-electron chi connectivity index (χ2n) is 9.56. The zero-order valence-electron chi connectivity index (χ0n) is 20.1. The SMILES string of the molecule is Nc1ncc(-c2cccc(C(F)(F)F)c2)c([C@@H]2CCCCN2C(=O)CCCN2CCCCCC2)n1.